The van der Waals surface area contributed by atoms with Gasteiger partial charge in [-0.05, 0) is 19.2 Å². The van der Waals surface area contributed by atoms with Crippen LogP contribution in [0.4, 0.5) is 0 Å². The Kier molecular flexibility index (Phi) is 3.11. The number of hydrogen-bond donors (Lipinski definition) is 1. The van der Waals surface area contributed by atoms with Crippen molar-refractivity contribution in [2.24, 2.45) is 0 Å². The molecule has 0 heterocycles. The maximum atomic E-state index is 3.67. The topological polar surface area (TPSA) is 12.0 Å². The van der Waals surface area contributed by atoms with Crippen LogP contribution in [0.2, 0.25) is 0 Å². The smallest absolute Gasteiger partial charge is 0.00277 e. The Hall–Kier alpha value is -0.720. The van der Waals surface area contributed by atoms with Crippen LogP contribution in [0.15, 0.2) is 24.4 Å². The summed E-state index contributed by atoms with van der Waals surface area (Å²) in [5.41, 5.74) is 1.06. The van der Waals surface area contributed by atoms with Gasteiger partial charge in [0.25, 0.3) is 0 Å². The zero-order valence-electron chi connectivity index (χ0n) is 4.86. The number of nitrogens with one attached hydrogen (secondary N) is 1. The average molecular weight is 97.2 g/mol. The van der Waals surface area contributed by atoms with E-state index in [1.165, 1.54) is 0 Å². The fraction of sp³-hybridized carbons (Fsp3) is 0.333. The van der Waals surface area contributed by atoms with E-state index >= 15 is 0 Å². The molecular formula is C6H11N. The van der Waals surface area contributed by atoms with E-state index in [9.17, 15) is 0 Å². The highest BCUT2D eigenvalue weighted by atomic mass is 14.8. The predicted octanol–water partition coefficient (Wildman–Crippen LogP) is 1.30. The second-order valence-corrected chi connectivity index (χ2v) is 1.47. The highest BCUT2D eigenvalue weighted by Crippen LogP contribution is 1.84. The molecule has 1 heteroatoms. The quantitative estimate of drug-likeness (QED) is 0.512. The summed E-state index contributed by atoms with van der Waals surface area (Å²) < 4.78 is 0. The Morgan fingerprint density at radius 3 is 2.43 bits per heavy atom. The van der Waals surface area contributed by atoms with Crippen LogP contribution in [0, 0.1) is 0 Å². The van der Waals surface area contributed by atoms with Crippen molar-refractivity contribution in [1.29, 1.82) is 0 Å². The van der Waals surface area contributed by atoms with Crippen molar-refractivity contribution < 1.29 is 0 Å². The van der Waals surface area contributed by atoms with Gasteiger partial charge >= 0.3 is 0 Å². The zero-order chi connectivity index (χ0) is 5.70. The average Bonchev–Trinajstić information content (AvgIpc) is 1.61. The summed E-state index contributed by atoms with van der Waals surface area (Å²) >= 11 is 0. The largest absolute Gasteiger partial charge is 0.394 e. The maximum absolute atomic E-state index is 3.67. The van der Waals surface area contributed by atoms with Crippen molar-refractivity contribution in [1.82, 2.24) is 5.32 Å². The van der Waals surface area contributed by atoms with E-state index in [2.05, 4.69) is 11.9 Å². The summed E-state index contributed by atoms with van der Waals surface area (Å²) in [7, 11) is 1.86. The van der Waals surface area contributed by atoms with Gasteiger partial charge in [0.15, 0.2) is 0 Å². The van der Waals surface area contributed by atoms with E-state index in [4.69, 9.17) is 0 Å². The molecule has 0 aliphatic carbocycles. The lowest BCUT2D eigenvalue weighted by atomic mass is 10.3. The van der Waals surface area contributed by atoms with Gasteiger partial charge in [0.1, 0.15) is 0 Å². The third kappa shape index (κ3) is 5.28. The first-order valence-electron chi connectivity index (χ1n) is 2.26. The molecule has 0 atom stereocenters. The molecule has 0 amide bonds. The second kappa shape index (κ2) is 3.47. The van der Waals surface area contributed by atoms with Crippen molar-refractivity contribution in [3.8, 4) is 0 Å². The van der Waals surface area contributed by atoms with Gasteiger partial charge in [-0.25, -0.2) is 0 Å². The minimum atomic E-state index is 1.06. The molecule has 0 aromatic rings. The molecule has 40 valence electrons. The van der Waals surface area contributed by atoms with Gasteiger partial charge in [-0.3, -0.25) is 0 Å². The second-order valence-electron chi connectivity index (χ2n) is 1.47. The molecule has 0 aliphatic rings. The molecule has 0 fully saturated rings. The van der Waals surface area contributed by atoms with Crippen molar-refractivity contribution in [3.63, 3.8) is 0 Å². The van der Waals surface area contributed by atoms with Crippen LogP contribution < -0.4 is 5.32 Å². The van der Waals surface area contributed by atoms with E-state index in [1.54, 1.807) is 0 Å². The molecule has 0 unspecified atom stereocenters. The highest BCUT2D eigenvalue weighted by molar-refractivity contribution is 5.09. The van der Waals surface area contributed by atoms with Crippen molar-refractivity contribution in [2.45, 2.75) is 6.92 Å². The van der Waals surface area contributed by atoms with Gasteiger partial charge in [-0.15, -0.1) is 0 Å². The zero-order valence-corrected chi connectivity index (χ0v) is 4.86. The van der Waals surface area contributed by atoms with Crippen LogP contribution >= 0.6 is 0 Å². The van der Waals surface area contributed by atoms with Crippen LogP contribution in [-0.4, -0.2) is 7.05 Å². The Balaban J connectivity index is 3.26. The van der Waals surface area contributed by atoms with E-state index in [0.717, 1.165) is 5.57 Å². The van der Waals surface area contributed by atoms with Crippen LogP contribution in [0.3, 0.4) is 0 Å². The van der Waals surface area contributed by atoms with E-state index in [1.807, 2.05) is 26.2 Å². The molecule has 0 spiro atoms. The molecule has 1 nitrogen and oxygen atoms in total. The molecule has 0 rings (SSSR count). The van der Waals surface area contributed by atoms with Crippen molar-refractivity contribution in [2.75, 3.05) is 7.05 Å². The minimum Gasteiger partial charge on any atom is -0.394 e. The molecule has 0 radical (unpaired) electrons. The van der Waals surface area contributed by atoms with Gasteiger partial charge in [-0.1, -0.05) is 12.2 Å². The summed E-state index contributed by atoms with van der Waals surface area (Å²) in [4.78, 5) is 0. The normalized spacial score (nSPS) is 9.43. The molecule has 1 N–H and O–H groups in total. The molecule has 0 aliphatic heterocycles. The maximum Gasteiger partial charge on any atom is 0.00277 e. The fourth-order valence-electron chi connectivity index (χ4n) is 0.226. The van der Waals surface area contributed by atoms with Crippen LogP contribution in [0.5, 0.6) is 0 Å². The Morgan fingerprint density at radius 1 is 1.71 bits per heavy atom. The summed E-state index contributed by atoms with van der Waals surface area (Å²) in [6, 6.07) is 0. The van der Waals surface area contributed by atoms with Gasteiger partial charge in [0, 0.05) is 7.05 Å². The first-order chi connectivity index (χ1) is 3.27. The molecule has 7 heavy (non-hydrogen) atoms. The Morgan fingerprint density at radius 2 is 2.29 bits per heavy atom. The van der Waals surface area contributed by atoms with E-state index in [0.29, 0.717) is 0 Å². The molecule has 0 saturated heterocycles. The van der Waals surface area contributed by atoms with Crippen molar-refractivity contribution >= 4 is 0 Å². The van der Waals surface area contributed by atoms with Crippen LogP contribution in [0.1, 0.15) is 6.92 Å². The standard InChI is InChI=1S/C6H11N/c1-6(2)4-5-7-3/h4-5,7H,1H2,2-3H3/b5-4-. The monoisotopic (exact) mass is 97.1 g/mol. The Labute approximate surface area is 44.7 Å². The van der Waals surface area contributed by atoms with Gasteiger partial charge in [0.05, 0.1) is 0 Å². The van der Waals surface area contributed by atoms with Gasteiger partial charge in [-0.2, -0.15) is 0 Å². The SMILES string of the molecule is C=C(C)/C=C\NC. The number of allylic oxidation sites excluding steroid dienone is 2. The minimum absolute atomic E-state index is 1.06. The molecule has 0 bridgehead atoms. The summed E-state index contributed by atoms with van der Waals surface area (Å²) in [5.74, 6) is 0. The lowest BCUT2D eigenvalue weighted by Crippen LogP contribution is -1.90. The van der Waals surface area contributed by atoms with Crippen LogP contribution in [0.25, 0.3) is 0 Å². The lowest BCUT2D eigenvalue weighted by Gasteiger charge is -1.83. The van der Waals surface area contributed by atoms with Gasteiger partial charge in [0.2, 0.25) is 0 Å². The first-order valence-corrected chi connectivity index (χ1v) is 2.26. The predicted molar refractivity (Wildman–Crippen MR) is 33.0 cm³/mol. The number of hydrogen-bond acceptors (Lipinski definition) is 1. The molecule has 0 saturated carbocycles. The first kappa shape index (κ1) is 6.28. The van der Waals surface area contributed by atoms with E-state index in [-0.39, 0.29) is 0 Å². The number of rotatable bonds is 2. The Bertz CT molecular complexity index is 82.2. The summed E-state index contributed by atoms with van der Waals surface area (Å²) in [5, 5.41) is 2.86. The third-order valence-corrected chi connectivity index (χ3v) is 0.535. The molecule has 0 aromatic heterocycles. The van der Waals surface area contributed by atoms with Gasteiger partial charge < -0.3 is 5.32 Å². The lowest BCUT2D eigenvalue weighted by molar-refractivity contribution is 1.10. The summed E-state index contributed by atoms with van der Waals surface area (Å²) in [6.45, 7) is 5.62. The molecular weight excluding hydrogens is 86.1 g/mol. The summed E-state index contributed by atoms with van der Waals surface area (Å²) in [6.07, 6.45) is 3.77. The molecule has 0 aromatic carbocycles. The fourth-order valence-corrected chi connectivity index (χ4v) is 0.226. The third-order valence-electron chi connectivity index (χ3n) is 0.535. The van der Waals surface area contributed by atoms with Crippen LogP contribution in [-0.2, 0) is 0 Å². The highest BCUT2D eigenvalue weighted by Gasteiger charge is 1.66. The van der Waals surface area contributed by atoms with E-state index < -0.39 is 0 Å². The van der Waals surface area contributed by atoms with Crippen molar-refractivity contribution in [3.05, 3.63) is 24.4 Å².